The molecule has 0 aliphatic rings. The summed E-state index contributed by atoms with van der Waals surface area (Å²) in [5.41, 5.74) is 5.94. The van der Waals surface area contributed by atoms with E-state index in [2.05, 4.69) is 21.3 Å². The zero-order valence-electron chi connectivity index (χ0n) is 14.3. The maximum Gasteiger partial charge on any atom is 1.00 e. The maximum atomic E-state index is 9.11. The molecule has 0 heterocycles. The van der Waals surface area contributed by atoms with E-state index in [4.69, 9.17) is 25.8 Å². The van der Waals surface area contributed by atoms with Gasteiger partial charge in [-0.3, -0.25) is 0 Å². The summed E-state index contributed by atoms with van der Waals surface area (Å²) in [7, 11) is 6.75. The summed E-state index contributed by atoms with van der Waals surface area (Å²) in [6.45, 7) is 1.19. The maximum absolute atomic E-state index is 9.11. The van der Waals surface area contributed by atoms with E-state index in [1.54, 1.807) is 0 Å². The van der Waals surface area contributed by atoms with Crippen molar-refractivity contribution in [1.82, 2.24) is 0 Å². The Balaban J connectivity index is -0.00000000154. The van der Waals surface area contributed by atoms with E-state index in [0.717, 1.165) is 0 Å². The number of amides is 1. The van der Waals surface area contributed by atoms with Gasteiger partial charge in [-0.15, -0.1) is 0 Å². The summed E-state index contributed by atoms with van der Waals surface area (Å²) >= 11 is 0. The molecule has 1 amide bonds. The smallest absolute Gasteiger partial charge is 1.00 e. The van der Waals surface area contributed by atoms with E-state index in [1.807, 2.05) is 0 Å². The molecule has 0 aliphatic carbocycles. The molecule has 5 nitrogen and oxygen atoms in total. The van der Waals surface area contributed by atoms with Gasteiger partial charge in [0.05, 0.1) is 0 Å². The van der Waals surface area contributed by atoms with Crippen LogP contribution in [0.5, 0.6) is 0 Å². The van der Waals surface area contributed by atoms with Crippen LogP contribution >= 0.6 is 0 Å². The summed E-state index contributed by atoms with van der Waals surface area (Å²) in [6, 6.07) is 0. The third-order valence-corrected chi connectivity index (χ3v) is 0. The molecule has 0 unspecified atom stereocenters. The van der Waals surface area contributed by atoms with Gasteiger partial charge in [-0.1, -0.05) is 0 Å². The van der Waals surface area contributed by atoms with Gasteiger partial charge in [0.15, 0.2) is 0 Å². The first-order chi connectivity index (χ1) is 4.73. The van der Waals surface area contributed by atoms with Crippen LogP contribution in [0.15, 0.2) is 0 Å². The Kier molecular flexibility index (Phi) is 626. The van der Waals surface area contributed by atoms with Gasteiger partial charge in [-0.05, 0) is 6.92 Å². The van der Waals surface area contributed by atoms with Crippen LogP contribution in [0, 0.1) is 28.8 Å². The predicted molar refractivity (Wildman–Crippen MR) is 44.4 cm³/mol. The molecular formula is C6H17K3NO4Y6-3. The molecule has 14 heteroatoms. The number of aliphatic hydroxyl groups is 3. The molecule has 20 heavy (non-hydrogen) atoms. The van der Waals surface area contributed by atoms with Crippen molar-refractivity contribution in [1.29, 1.82) is 0 Å². The van der Waals surface area contributed by atoms with E-state index in [0.29, 0.717) is 0 Å². The fourth-order valence-corrected chi connectivity index (χ4v) is 0. The first-order valence-electron chi connectivity index (χ1n) is 1.90. The minimum atomic E-state index is -0.583. The largest absolute Gasteiger partial charge is 1.00 e. The molecule has 0 saturated carbocycles. The Morgan fingerprint density at radius 1 is 0.750 bits per heavy atom. The molecule has 0 aromatic carbocycles. The number of carbonyl (C=O) groups is 1. The van der Waals surface area contributed by atoms with Gasteiger partial charge >= 0.3 is 154 Å². The molecule has 0 fully saturated rings. The molecule has 0 aromatic heterocycles. The molecule has 94 valence electrons. The minimum absolute atomic E-state index is 0. The van der Waals surface area contributed by atoms with Crippen LogP contribution in [0.1, 0.15) is 8.35 Å². The number of aliphatic hydroxyl groups excluding tert-OH is 3. The second kappa shape index (κ2) is 129. The van der Waals surface area contributed by atoms with Gasteiger partial charge in [0.25, 0.3) is 0 Å². The van der Waals surface area contributed by atoms with Crippen LogP contribution in [-0.2, 0) is 201 Å². The summed E-state index contributed by atoms with van der Waals surface area (Å²) in [4.78, 5) is 9.11. The molecule has 0 atom stereocenters. The molecular weight excluding hydrogens is 801 g/mol. The van der Waals surface area contributed by atoms with Crippen LogP contribution < -0.4 is 154 Å². The van der Waals surface area contributed by atoms with Gasteiger partial charge in [0.1, 0.15) is 0 Å². The summed E-state index contributed by atoms with van der Waals surface area (Å²) in [5.74, 6) is -0.583. The van der Waals surface area contributed by atoms with Crippen LogP contribution in [0.4, 0.5) is 0 Å². The first kappa shape index (κ1) is 96.8. The average molecular weight is 818 g/mol. The standard InChI is InChI=1S/C2H5NO.3CH3O.CH3.3K.6Y.H/c1-2(3)4;3*1-2;;;;;;;;;;;/h1H3,(H2,3,4);3*2H,1H2;1H3;;;;;;;;;;/q;4*-1;3*+1;;;;;;;-1/p-1. The Labute approximate surface area is 405 Å². The fourth-order valence-electron chi connectivity index (χ4n) is 0. The van der Waals surface area contributed by atoms with Gasteiger partial charge in [-0.25, -0.2) is 21.3 Å². The second-order valence-corrected chi connectivity index (χ2v) is 0.556. The van der Waals surface area contributed by atoms with Crippen LogP contribution in [0.2, 0.25) is 0 Å². The molecule has 0 aromatic rings. The van der Waals surface area contributed by atoms with Crippen molar-refractivity contribution in [2.24, 2.45) is 0 Å². The van der Waals surface area contributed by atoms with E-state index < -0.39 is 5.91 Å². The number of hydrogen-bond acceptors (Lipinski definition) is 4. The van der Waals surface area contributed by atoms with E-state index >= 15 is 0 Å². The van der Waals surface area contributed by atoms with E-state index in [1.165, 1.54) is 6.92 Å². The predicted octanol–water partition coefficient (Wildman–Crippen LogP) is -7.40. The SMILES string of the molecule is CC([NH-])=O.[CH2-]O.[CH2-]O.[CH2-]O.[CH3-].[H-].[K+].[K+].[K+].[Y].[Y].[Y].[Y].[Y].[Y]. The monoisotopic (exact) mass is 817 g/mol. The zero-order valence-corrected chi connectivity index (χ0v) is 39.7. The first-order valence-corrected chi connectivity index (χ1v) is 1.90. The van der Waals surface area contributed by atoms with Gasteiger partial charge in [-0.2, -0.15) is 0 Å². The van der Waals surface area contributed by atoms with Crippen LogP contribution in [0.25, 0.3) is 5.73 Å². The van der Waals surface area contributed by atoms with Crippen molar-refractivity contribution in [3.8, 4) is 0 Å². The molecule has 0 saturated heterocycles. The molecule has 0 spiro atoms. The third kappa shape index (κ3) is 190. The van der Waals surface area contributed by atoms with Crippen molar-refractivity contribution in [3.63, 3.8) is 0 Å². The topological polar surface area (TPSA) is 102 Å². The Morgan fingerprint density at radius 3 is 0.750 bits per heavy atom. The molecule has 6 radical (unpaired) electrons. The summed E-state index contributed by atoms with van der Waals surface area (Å²) in [6.07, 6.45) is 0. The molecule has 0 rings (SSSR count). The Hall–Kier alpha value is 10.9. The second-order valence-electron chi connectivity index (χ2n) is 0.556. The van der Waals surface area contributed by atoms with E-state index in [-0.39, 0.29) is 359 Å². The minimum Gasteiger partial charge on any atom is -1.00 e. The number of hydrogen-bond donors (Lipinski definition) is 3. The molecule has 4 N–H and O–H groups in total. The number of rotatable bonds is 0. The van der Waals surface area contributed by atoms with Crippen LogP contribution in [-0.4, -0.2) is 21.2 Å². The van der Waals surface area contributed by atoms with Crippen LogP contribution in [0.3, 0.4) is 0 Å². The van der Waals surface area contributed by atoms with E-state index in [9.17, 15) is 0 Å². The van der Waals surface area contributed by atoms with Crippen molar-refractivity contribution in [2.45, 2.75) is 6.92 Å². The number of carbonyl (C=O) groups excluding carboxylic acids is 1. The average Bonchev–Trinajstić information content (AvgIpc) is 1.98. The van der Waals surface area contributed by atoms with Gasteiger partial charge in [0.2, 0.25) is 0 Å². The Bertz CT molecular complexity index is 71.5. The third-order valence-electron chi connectivity index (χ3n) is 0. The number of nitrogens with one attached hydrogen (secondary N) is 1. The van der Waals surface area contributed by atoms with Crippen molar-refractivity contribution in [3.05, 3.63) is 34.5 Å². The van der Waals surface area contributed by atoms with Crippen molar-refractivity contribution in [2.75, 3.05) is 0 Å². The van der Waals surface area contributed by atoms with Crippen molar-refractivity contribution < 1.29 is 372 Å². The zero-order chi connectivity index (χ0) is 9.58. The van der Waals surface area contributed by atoms with Crippen molar-refractivity contribution >= 4 is 5.91 Å². The normalized spacial score (nSPS) is 2.15. The summed E-state index contributed by atoms with van der Waals surface area (Å²) < 4.78 is 0. The molecule has 0 aliphatic heterocycles. The Morgan fingerprint density at radius 2 is 0.750 bits per heavy atom. The van der Waals surface area contributed by atoms with Gasteiger partial charge in [0, 0.05) is 202 Å². The fraction of sp³-hybridized carbons (Fsp3) is 0.167. The summed E-state index contributed by atoms with van der Waals surface area (Å²) in [5, 5.41) is 20.2. The van der Waals surface area contributed by atoms with Gasteiger partial charge < -0.3 is 34.7 Å². The molecule has 0 bridgehead atoms. The quantitative estimate of drug-likeness (QED) is 0.167.